The van der Waals surface area contributed by atoms with Crippen molar-refractivity contribution in [2.24, 2.45) is 0 Å². The van der Waals surface area contributed by atoms with Gasteiger partial charge in [0.15, 0.2) is 0 Å². The van der Waals surface area contributed by atoms with Gasteiger partial charge in [0.05, 0.1) is 16.5 Å². The molecule has 2 unspecified atom stereocenters. The van der Waals surface area contributed by atoms with Crippen molar-refractivity contribution < 1.29 is 0 Å². The van der Waals surface area contributed by atoms with Crippen LogP contribution in [-0.2, 0) is 16.7 Å². The van der Waals surface area contributed by atoms with E-state index in [4.69, 9.17) is 9.97 Å². The zero-order valence-electron chi connectivity index (χ0n) is 22.2. The molecule has 0 saturated heterocycles. The van der Waals surface area contributed by atoms with Crippen molar-refractivity contribution in [2.45, 2.75) is 37.5 Å². The summed E-state index contributed by atoms with van der Waals surface area (Å²) in [5, 5.41) is -0.643. The Morgan fingerprint density at radius 3 is 1.58 bits per heavy atom. The van der Waals surface area contributed by atoms with E-state index in [1.54, 1.807) is 0 Å². The zero-order chi connectivity index (χ0) is 26.8. The fourth-order valence-electron chi connectivity index (χ4n) is 5.43. The van der Waals surface area contributed by atoms with E-state index in [0.717, 1.165) is 17.5 Å². The lowest BCUT2D eigenvalue weighted by Gasteiger charge is -2.39. The van der Waals surface area contributed by atoms with Crippen molar-refractivity contribution >= 4 is 18.5 Å². The molecular weight excluding hydrogens is 498 g/mol. The number of nitrogens with zero attached hydrogens (tertiary/aromatic N) is 2. The van der Waals surface area contributed by atoms with E-state index in [9.17, 15) is 0 Å². The maximum atomic E-state index is 4.92. The second-order valence-electron chi connectivity index (χ2n) is 10.6. The first kappa shape index (κ1) is 26.4. The summed E-state index contributed by atoms with van der Waals surface area (Å²) in [6, 6.07) is 36.3. The standard InChI is InChI=1S/C34H34N2P2/c1-33(2,3)32-30(25-16-8-5-9-17-25)27(24-14-6-4-7-15-24)22-26(23-37)31(32)34(38,28-18-10-12-20-35-28)29-19-11-13-21-36-29/h4-22H,23,37-38H2,1-3H3. The molecule has 0 radical (unpaired) electrons. The number of benzene rings is 3. The van der Waals surface area contributed by atoms with Crippen LogP contribution in [0.15, 0.2) is 116 Å². The van der Waals surface area contributed by atoms with Crippen molar-refractivity contribution in [1.82, 2.24) is 9.97 Å². The summed E-state index contributed by atoms with van der Waals surface area (Å²) in [6.45, 7) is 6.96. The lowest BCUT2D eigenvalue weighted by Crippen LogP contribution is -2.31. The Kier molecular flexibility index (Phi) is 7.58. The molecule has 4 heteroatoms. The molecule has 5 rings (SSSR count). The molecule has 0 aliphatic rings. The number of rotatable bonds is 6. The van der Waals surface area contributed by atoms with Crippen LogP contribution in [0, 0.1) is 0 Å². The first-order chi connectivity index (χ1) is 18.4. The quantitative estimate of drug-likeness (QED) is 0.205. The van der Waals surface area contributed by atoms with Crippen LogP contribution >= 0.6 is 18.5 Å². The Bertz CT molecular complexity index is 1470. The minimum atomic E-state index is -0.643. The van der Waals surface area contributed by atoms with Gasteiger partial charge >= 0.3 is 0 Å². The number of aromatic nitrogens is 2. The van der Waals surface area contributed by atoms with Gasteiger partial charge in [0.25, 0.3) is 0 Å². The first-order valence-corrected chi connectivity index (χ1v) is 14.4. The van der Waals surface area contributed by atoms with Gasteiger partial charge in [0.2, 0.25) is 0 Å². The molecule has 0 aliphatic carbocycles. The topological polar surface area (TPSA) is 25.8 Å². The highest BCUT2D eigenvalue weighted by molar-refractivity contribution is 7.19. The Morgan fingerprint density at radius 2 is 1.13 bits per heavy atom. The van der Waals surface area contributed by atoms with Gasteiger partial charge in [0, 0.05) is 12.4 Å². The smallest absolute Gasteiger partial charge is 0.0938 e. The lowest BCUT2D eigenvalue weighted by atomic mass is 9.70. The molecule has 5 aromatic rings. The number of hydrogen-bond acceptors (Lipinski definition) is 2. The molecule has 2 aromatic heterocycles. The lowest BCUT2D eigenvalue weighted by molar-refractivity contribution is 0.576. The molecule has 2 atom stereocenters. The average molecular weight is 533 g/mol. The second kappa shape index (κ2) is 10.9. The van der Waals surface area contributed by atoms with E-state index in [-0.39, 0.29) is 5.41 Å². The van der Waals surface area contributed by atoms with Gasteiger partial charge in [-0.1, -0.05) is 93.6 Å². The number of hydrogen-bond donors (Lipinski definition) is 0. The molecule has 0 bridgehead atoms. The van der Waals surface area contributed by atoms with Crippen LogP contribution in [0.1, 0.15) is 48.8 Å². The summed E-state index contributed by atoms with van der Waals surface area (Å²) in [5.74, 6) is 0. The number of pyridine rings is 2. The molecule has 38 heavy (non-hydrogen) atoms. The highest BCUT2D eigenvalue weighted by Crippen LogP contribution is 2.53. The minimum absolute atomic E-state index is 0.175. The predicted octanol–water partition coefficient (Wildman–Crippen LogP) is 8.65. The predicted molar refractivity (Wildman–Crippen MR) is 167 cm³/mol. The van der Waals surface area contributed by atoms with Crippen molar-refractivity contribution in [3.63, 3.8) is 0 Å². The van der Waals surface area contributed by atoms with E-state index in [1.165, 1.54) is 38.9 Å². The Labute approximate surface area is 231 Å². The maximum absolute atomic E-state index is 4.92. The summed E-state index contributed by atoms with van der Waals surface area (Å²) < 4.78 is 0. The van der Waals surface area contributed by atoms with E-state index in [2.05, 4.69) is 130 Å². The first-order valence-electron chi connectivity index (χ1n) is 13.0. The van der Waals surface area contributed by atoms with Gasteiger partial charge in [-0.25, -0.2) is 0 Å². The molecule has 0 amide bonds. The molecule has 0 N–H and O–H groups in total. The molecule has 0 aliphatic heterocycles. The van der Waals surface area contributed by atoms with Crippen LogP contribution in [0.25, 0.3) is 22.3 Å². The molecule has 3 aromatic carbocycles. The normalized spacial score (nSPS) is 11.9. The average Bonchev–Trinajstić information content (AvgIpc) is 2.97. The van der Waals surface area contributed by atoms with E-state index >= 15 is 0 Å². The van der Waals surface area contributed by atoms with Crippen LogP contribution in [-0.4, -0.2) is 9.97 Å². The fraction of sp³-hybridized carbons (Fsp3) is 0.176. The largest absolute Gasteiger partial charge is 0.260 e. The Balaban J connectivity index is 2.01. The SMILES string of the molecule is CC(C)(C)c1c(-c2ccccc2)c(-c2ccccc2)cc(CP)c1C(P)(c1ccccn1)c1ccccn1. The fourth-order valence-corrected chi connectivity index (χ4v) is 6.42. The third-order valence-electron chi connectivity index (χ3n) is 7.06. The van der Waals surface area contributed by atoms with Crippen LogP contribution in [0.2, 0.25) is 0 Å². The third-order valence-corrected chi connectivity index (χ3v) is 8.38. The van der Waals surface area contributed by atoms with E-state index < -0.39 is 5.16 Å². The summed E-state index contributed by atoms with van der Waals surface area (Å²) in [6.07, 6.45) is 4.57. The van der Waals surface area contributed by atoms with Gasteiger partial charge in [0.1, 0.15) is 0 Å². The molecule has 0 spiro atoms. The zero-order valence-corrected chi connectivity index (χ0v) is 24.5. The summed E-state index contributed by atoms with van der Waals surface area (Å²) in [5.41, 5.74) is 10.5. The summed E-state index contributed by atoms with van der Waals surface area (Å²) in [4.78, 5) is 9.84. The molecular formula is C34H34N2P2. The van der Waals surface area contributed by atoms with Crippen molar-refractivity contribution in [3.8, 4) is 22.3 Å². The highest BCUT2D eigenvalue weighted by Gasteiger charge is 2.41. The third kappa shape index (κ3) is 4.84. The van der Waals surface area contributed by atoms with Crippen molar-refractivity contribution in [3.05, 3.63) is 144 Å². The molecule has 0 fully saturated rings. The monoisotopic (exact) mass is 532 g/mol. The molecule has 2 nitrogen and oxygen atoms in total. The maximum Gasteiger partial charge on any atom is 0.0938 e. The van der Waals surface area contributed by atoms with Crippen LogP contribution in [0.4, 0.5) is 0 Å². The van der Waals surface area contributed by atoms with Gasteiger partial charge in [-0.3, -0.25) is 9.97 Å². The Morgan fingerprint density at radius 1 is 0.632 bits per heavy atom. The molecule has 2 heterocycles. The Hall–Kier alpha value is -3.18. The molecule has 0 saturated carbocycles. The van der Waals surface area contributed by atoms with Gasteiger partial charge in [-0.15, -0.1) is 18.5 Å². The van der Waals surface area contributed by atoms with Gasteiger partial charge in [-0.05, 0) is 80.9 Å². The summed E-state index contributed by atoms with van der Waals surface area (Å²) >= 11 is 0. The van der Waals surface area contributed by atoms with E-state index in [0.29, 0.717) is 0 Å². The van der Waals surface area contributed by atoms with Crippen LogP contribution < -0.4 is 0 Å². The van der Waals surface area contributed by atoms with Gasteiger partial charge in [-0.2, -0.15) is 0 Å². The summed E-state index contributed by atoms with van der Waals surface area (Å²) in [7, 11) is 6.16. The van der Waals surface area contributed by atoms with Gasteiger partial charge < -0.3 is 0 Å². The van der Waals surface area contributed by atoms with E-state index in [1.807, 2.05) is 24.5 Å². The molecule has 190 valence electrons. The van der Waals surface area contributed by atoms with Crippen LogP contribution in [0.5, 0.6) is 0 Å². The van der Waals surface area contributed by atoms with Crippen molar-refractivity contribution in [2.75, 3.05) is 0 Å². The minimum Gasteiger partial charge on any atom is -0.260 e. The highest BCUT2D eigenvalue weighted by atomic mass is 31.0. The second-order valence-corrected chi connectivity index (χ2v) is 11.9. The van der Waals surface area contributed by atoms with Crippen LogP contribution in [0.3, 0.4) is 0 Å². The van der Waals surface area contributed by atoms with Crippen molar-refractivity contribution in [1.29, 1.82) is 0 Å².